The quantitative estimate of drug-likeness (QED) is 0.573. The normalized spacial score (nSPS) is 14.8. The van der Waals surface area contributed by atoms with Gasteiger partial charge < -0.3 is 0 Å². The summed E-state index contributed by atoms with van der Waals surface area (Å²) in [5.41, 5.74) is 0.542. The van der Waals surface area contributed by atoms with Crippen LogP contribution >= 0.6 is 58.0 Å². The Balaban J connectivity index is 2.11. The number of hydrogen-bond donors (Lipinski definition) is 0. The molecule has 0 atom stereocenters. The Bertz CT molecular complexity index is 902. The van der Waals surface area contributed by atoms with Crippen LogP contribution in [0.2, 0.25) is 20.1 Å². The Morgan fingerprint density at radius 3 is 1.92 bits per heavy atom. The van der Waals surface area contributed by atoms with Crippen LogP contribution in [-0.4, -0.2) is 11.8 Å². The smallest absolute Gasteiger partial charge is 0.268 e. The standard InChI is InChI=1S/C16H6Cl5NO2/c17-7-1-2-11(12(20)6-7)13-14(21)16(24)22(15(13)23)10-4-8(18)3-9(19)5-10/h1-6H. The molecule has 24 heavy (non-hydrogen) atoms. The van der Waals surface area contributed by atoms with E-state index in [1.807, 2.05) is 0 Å². The lowest BCUT2D eigenvalue weighted by Crippen LogP contribution is -2.31. The highest BCUT2D eigenvalue weighted by Gasteiger charge is 2.40. The zero-order valence-electron chi connectivity index (χ0n) is 11.6. The molecule has 0 aromatic heterocycles. The third-order valence-corrected chi connectivity index (χ3v) is 4.67. The highest BCUT2D eigenvalue weighted by Crippen LogP contribution is 2.39. The van der Waals surface area contributed by atoms with Crippen LogP contribution in [0, 0.1) is 0 Å². The van der Waals surface area contributed by atoms with Gasteiger partial charge >= 0.3 is 0 Å². The van der Waals surface area contributed by atoms with E-state index in [0.29, 0.717) is 10.6 Å². The molecule has 0 saturated carbocycles. The summed E-state index contributed by atoms with van der Waals surface area (Å²) in [4.78, 5) is 26.1. The monoisotopic (exact) mass is 419 g/mol. The van der Waals surface area contributed by atoms with Crippen molar-refractivity contribution in [3.8, 4) is 0 Å². The van der Waals surface area contributed by atoms with Gasteiger partial charge in [-0.1, -0.05) is 64.1 Å². The molecule has 2 amide bonds. The minimum atomic E-state index is -0.680. The van der Waals surface area contributed by atoms with Crippen molar-refractivity contribution >= 4 is 81.1 Å². The number of hydrogen-bond acceptors (Lipinski definition) is 2. The van der Waals surface area contributed by atoms with E-state index in [1.54, 1.807) is 6.07 Å². The molecule has 2 aromatic rings. The van der Waals surface area contributed by atoms with Crippen LogP contribution in [0.1, 0.15) is 5.56 Å². The van der Waals surface area contributed by atoms with E-state index >= 15 is 0 Å². The van der Waals surface area contributed by atoms with Gasteiger partial charge in [0.2, 0.25) is 0 Å². The lowest BCUT2D eigenvalue weighted by atomic mass is 10.1. The van der Waals surface area contributed by atoms with Gasteiger partial charge in [-0.25, -0.2) is 4.90 Å². The third kappa shape index (κ3) is 3.03. The highest BCUT2D eigenvalue weighted by molar-refractivity contribution is 6.61. The van der Waals surface area contributed by atoms with Gasteiger partial charge in [-0.2, -0.15) is 0 Å². The van der Waals surface area contributed by atoms with E-state index < -0.39 is 11.8 Å². The molecule has 3 nitrogen and oxygen atoms in total. The van der Waals surface area contributed by atoms with Crippen LogP contribution in [0.25, 0.3) is 5.57 Å². The number of carbonyl (C=O) groups excluding carboxylic acids is 2. The minimum Gasteiger partial charge on any atom is -0.268 e. The fourth-order valence-electron chi connectivity index (χ4n) is 2.33. The number of halogens is 5. The second-order valence-corrected chi connectivity index (χ2v) is 6.98. The summed E-state index contributed by atoms with van der Waals surface area (Å²) < 4.78 is 0. The van der Waals surface area contributed by atoms with Gasteiger partial charge in [0.05, 0.1) is 16.3 Å². The molecular formula is C16H6Cl5NO2. The van der Waals surface area contributed by atoms with Crippen molar-refractivity contribution < 1.29 is 9.59 Å². The van der Waals surface area contributed by atoms with Crippen molar-refractivity contribution in [1.82, 2.24) is 0 Å². The molecule has 2 aromatic carbocycles. The number of benzene rings is 2. The molecule has 0 fully saturated rings. The number of nitrogens with zero attached hydrogens (tertiary/aromatic N) is 1. The molecule has 0 spiro atoms. The zero-order chi connectivity index (χ0) is 17.6. The average Bonchev–Trinajstić information content (AvgIpc) is 2.69. The molecule has 1 aliphatic rings. The van der Waals surface area contributed by atoms with Crippen molar-refractivity contribution in [1.29, 1.82) is 0 Å². The summed E-state index contributed by atoms with van der Waals surface area (Å²) in [6.07, 6.45) is 0. The number of rotatable bonds is 2. The largest absolute Gasteiger partial charge is 0.277 e. The van der Waals surface area contributed by atoms with Crippen LogP contribution < -0.4 is 4.90 Å². The zero-order valence-corrected chi connectivity index (χ0v) is 15.4. The van der Waals surface area contributed by atoms with Crippen LogP contribution in [-0.2, 0) is 9.59 Å². The summed E-state index contributed by atoms with van der Waals surface area (Å²) in [6.45, 7) is 0. The third-order valence-electron chi connectivity index (χ3n) is 3.33. The van der Waals surface area contributed by atoms with Gasteiger partial charge in [0, 0.05) is 20.6 Å². The predicted molar refractivity (Wildman–Crippen MR) is 98.2 cm³/mol. The average molecular weight is 421 g/mol. The molecule has 0 aliphatic carbocycles. The summed E-state index contributed by atoms with van der Waals surface area (Å²) in [6, 6.07) is 8.92. The van der Waals surface area contributed by atoms with Gasteiger partial charge in [0.25, 0.3) is 11.8 Å². The Morgan fingerprint density at radius 2 is 1.33 bits per heavy atom. The van der Waals surface area contributed by atoms with Crippen molar-refractivity contribution in [2.45, 2.75) is 0 Å². The van der Waals surface area contributed by atoms with E-state index in [4.69, 9.17) is 58.0 Å². The summed E-state index contributed by atoms with van der Waals surface area (Å²) in [7, 11) is 0. The Hall–Kier alpha value is -1.23. The number of anilines is 1. The number of carbonyl (C=O) groups is 2. The predicted octanol–water partition coefficient (Wildman–Crippen LogP) is 5.82. The summed E-state index contributed by atoms with van der Waals surface area (Å²) >= 11 is 30.0. The summed E-state index contributed by atoms with van der Waals surface area (Å²) in [5.74, 6) is -1.30. The molecule has 0 bridgehead atoms. The lowest BCUT2D eigenvalue weighted by Gasteiger charge is -2.16. The second kappa shape index (κ2) is 6.58. The first-order valence-electron chi connectivity index (χ1n) is 6.49. The fraction of sp³-hybridized carbons (Fsp3) is 0. The molecule has 0 saturated heterocycles. The topological polar surface area (TPSA) is 37.4 Å². The highest BCUT2D eigenvalue weighted by atomic mass is 35.5. The maximum absolute atomic E-state index is 12.8. The number of amides is 2. The van der Waals surface area contributed by atoms with Crippen molar-refractivity contribution in [2.24, 2.45) is 0 Å². The van der Waals surface area contributed by atoms with E-state index in [0.717, 1.165) is 4.90 Å². The molecule has 0 unspecified atom stereocenters. The van der Waals surface area contributed by atoms with Crippen LogP contribution in [0.3, 0.4) is 0 Å². The van der Waals surface area contributed by atoms with Gasteiger partial charge in [-0.15, -0.1) is 0 Å². The first kappa shape index (κ1) is 17.6. The molecule has 0 radical (unpaired) electrons. The van der Waals surface area contributed by atoms with Crippen LogP contribution in [0.4, 0.5) is 5.69 Å². The van der Waals surface area contributed by atoms with E-state index in [2.05, 4.69) is 0 Å². The molecule has 122 valence electrons. The van der Waals surface area contributed by atoms with Crippen molar-refractivity contribution in [3.05, 3.63) is 67.1 Å². The van der Waals surface area contributed by atoms with Gasteiger partial charge in [0.15, 0.2) is 0 Å². The first-order chi connectivity index (χ1) is 11.3. The molecule has 1 aliphatic heterocycles. The van der Waals surface area contributed by atoms with Crippen LogP contribution in [0.15, 0.2) is 41.4 Å². The molecule has 0 N–H and O–H groups in total. The SMILES string of the molecule is O=C1C(Cl)=C(c2ccc(Cl)cc2Cl)C(=O)N1c1cc(Cl)cc(Cl)c1. The molecule has 1 heterocycles. The van der Waals surface area contributed by atoms with Gasteiger partial charge in [0.1, 0.15) is 5.03 Å². The van der Waals surface area contributed by atoms with Gasteiger partial charge in [-0.3, -0.25) is 9.59 Å². The second-order valence-electron chi connectivity index (χ2n) is 4.89. The van der Waals surface area contributed by atoms with Crippen LogP contribution in [0.5, 0.6) is 0 Å². The molecule has 8 heteroatoms. The van der Waals surface area contributed by atoms with Gasteiger partial charge in [-0.05, 0) is 30.3 Å². The molecule has 3 rings (SSSR count). The Kier molecular flexibility index (Phi) is 4.82. The van der Waals surface area contributed by atoms with Crippen molar-refractivity contribution in [2.75, 3.05) is 4.90 Å². The maximum atomic E-state index is 12.8. The Morgan fingerprint density at radius 1 is 0.708 bits per heavy atom. The molecular weight excluding hydrogens is 415 g/mol. The maximum Gasteiger partial charge on any atom is 0.277 e. The number of imide groups is 1. The lowest BCUT2D eigenvalue weighted by molar-refractivity contribution is -0.119. The summed E-state index contributed by atoms with van der Waals surface area (Å²) in [5, 5.41) is 0.943. The first-order valence-corrected chi connectivity index (χ1v) is 8.38. The van der Waals surface area contributed by atoms with E-state index in [9.17, 15) is 9.59 Å². The Labute approximate surface area is 162 Å². The fourth-order valence-corrected chi connectivity index (χ4v) is 3.62. The van der Waals surface area contributed by atoms with Crippen molar-refractivity contribution in [3.63, 3.8) is 0 Å². The minimum absolute atomic E-state index is 0.000527. The van der Waals surface area contributed by atoms with E-state index in [1.165, 1.54) is 30.3 Å². The van der Waals surface area contributed by atoms with E-state index in [-0.39, 0.29) is 31.4 Å².